The number of carbonyl (C=O) groups excluding carboxylic acids is 1. The zero-order valence-corrected chi connectivity index (χ0v) is 15.1. The molecule has 140 valence electrons. The first-order valence-electron chi connectivity index (χ1n) is 9.04. The predicted molar refractivity (Wildman–Crippen MR) is 101 cm³/mol. The highest BCUT2D eigenvalue weighted by Crippen LogP contribution is 2.27. The highest BCUT2D eigenvalue weighted by Gasteiger charge is 2.23. The number of hydroxylamine groups is 1. The summed E-state index contributed by atoms with van der Waals surface area (Å²) in [6.07, 6.45) is 5.33. The number of likely N-dealkylation sites (tertiary alicyclic amines) is 1. The predicted octanol–water partition coefficient (Wildman–Crippen LogP) is 3.25. The van der Waals surface area contributed by atoms with E-state index in [9.17, 15) is 4.79 Å². The summed E-state index contributed by atoms with van der Waals surface area (Å²) in [5, 5.41) is 8.70. The summed E-state index contributed by atoms with van der Waals surface area (Å²) in [4.78, 5) is 17.3. The Labute approximate surface area is 157 Å². The lowest BCUT2D eigenvalue weighted by molar-refractivity contribution is 0.0882. The van der Waals surface area contributed by atoms with Gasteiger partial charge in [-0.3, -0.25) is 5.21 Å². The molecule has 1 aliphatic heterocycles. The van der Waals surface area contributed by atoms with E-state index in [1.54, 1.807) is 16.6 Å². The highest BCUT2D eigenvalue weighted by atomic mass is 16.5. The van der Waals surface area contributed by atoms with Crippen LogP contribution < -0.4 is 10.2 Å². The molecule has 27 heavy (non-hydrogen) atoms. The summed E-state index contributed by atoms with van der Waals surface area (Å²) >= 11 is 0. The van der Waals surface area contributed by atoms with E-state index in [1.165, 1.54) is 0 Å². The van der Waals surface area contributed by atoms with Gasteiger partial charge in [0.05, 0.1) is 0 Å². The zero-order valence-electron chi connectivity index (χ0n) is 15.1. The maximum atomic E-state index is 11.4. The Bertz CT molecular complexity index is 944. The van der Waals surface area contributed by atoms with E-state index in [-0.39, 0.29) is 6.10 Å². The van der Waals surface area contributed by atoms with Gasteiger partial charge in [0.2, 0.25) is 0 Å². The number of hydrogen-bond donors (Lipinski definition) is 2. The lowest BCUT2D eigenvalue weighted by Gasteiger charge is -2.31. The van der Waals surface area contributed by atoms with Crippen LogP contribution in [0.2, 0.25) is 0 Å². The molecule has 7 heteroatoms. The summed E-state index contributed by atoms with van der Waals surface area (Å²) in [7, 11) is 0. The van der Waals surface area contributed by atoms with E-state index < -0.39 is 6.03 Å². The minimum atomic E-state index is -0.456. The minimum absolute atomic E-state index is 0.0719. The Morgan fingerprint density at radius 3 is 2.63 bits per heavy atom. The maximum Gasteiger partial charge on any atom is 0.341 e. The summed E-state index contributed by atoms with van der Waals surface area (Å²) in [5.41, 5.74) is 6.06. The zero-order chi connectivity index (χ0) is 18.8. The minimum Gasteiger partial charge on any atom is -0.490 e. The van der Waals surface area contributed by atoms with E-state index in [1.807, 2.05) is 24.4 Å². The molecule has 0 aliphatic carbocycles. The van der Waals surface area contributed by atoms with Crippen LogP contribution in [0, 0.1) is 6.92 Å². The molecule has 0 unspecified atom stereocenters. The number of pyridine rings is 1. The molecular weight excluding hydrogens is 344 g/mol. The molecule has 0 spiro atoms. The summed E-state index contributed by atoms with van der Waals surface area (Å²) in [5.74, 6) is 0.824. The smallest absolute Gasteiger partial charge is 0.341 e. The molecule has 0 radical (unpaired) electrons. The fraction of sp³-hybridized carbons (Fsp3) is 0.300. The van der Waals surface area contributed by atoms with E-state index in [0.717, 1.165) is 41.1 Å². The van der Waals surface area contributed by atoms with Crippen molar-refractivity contribution in [2.75, 3.05) is 13.1 Å². The van der Waals surface area contributed by atoms with Crippen LogP contribution in [0.3, 0.4) is 0 Å². The van der Waals surface area contributed by atoms with Gasteiger partial charge in [0.25, 0.3) is 0 Å². The number of amides is 2. The molecule has 1 fully saturated rings. The normalized spacial score (nSPS) is 15.1. The molecular formula is C20H22N4O3. The number of carbonyl (C=O) groups is 1. The topological polar surface area (TPSA) is 79.1 Å². The van der Waals surface area contributed by atoms with Crippen molar-refractivity contribution in [3.05, 3.63) is 54.5 Å². The van der Waals surface area contributed by atoms with Gasteiger partial charge in [-0.1, -0.05) is 12.1 Å². The number of hydrogen-bond acceptors (Lipinski definition) is 4. The Hall–Kier alpha value is -3.06. The molecule has 3 aromatic rings. The molecule has 3 heterocycles. The van der Waals surface area contributed by atoms with Crippen molar-refractivity contribution >= 4 is 11.7 Å². The molecule has 1 aromatic carbocycles. The number of aromatic nitrogens is 2. The third kappa shape index (κ3) is 3.46. The van der Waals surface area contributed by atoms with Gasteiger partial charge in [-0.25, -0.2) is 15.3 Å². The number of aryl methyl sites for hydroxylation is 1. The van der Waals surface area contributed by atoms with Crippen molar-refractivity contribution in [2.24, 2.45) is 0 Å². The Morgan fingerprint density at radius 2 is 1.93 bits per heavy atom. The molecule has 0 bridgehead atoms. The molecule has 2 N–H and O–H groups in total. The lowest BCUT2D eigenvalue weighted by Crippen LogP contribution is -2.45. The number of nitrogens with zero attached hydrogens (tertiary/aromatic N) is 3. The number of urea groups is 1. The number of piperidine rings is 1. The molecule has 1 aliphatic rings. The first-order chi connectivity index (χ1) is 13.2. The number of ether oxygens (including phenoxy) is 1. The molecule has 1 saturated heterocycles. The lowest BCUT2D eigenvalue weighted by atomic mass is 10.0. The maximum absolute atomic E-state index is 11.4. The Morgan fingerprint density at radius 1 is 1.19 bits per heavy atom. The average molecular weight is 366 g/mol. The molecule has 0 atom stereocenters. The van der Waals surface area contributed by atoms with Crippen LogP contribution in [-0.2, 0) is 0 Å². The van der Waals surface area contributed by atoms with Crippen molar-refractivity contribution in [1.29, 1.82) is 0 Å². The third-order valence-electron chi connectivity index (χ3n) is 5.11. The van der Waals surface area contributed by atoms with Crippen LogP contribution in [0.1, 0.15) is 18.5 Å². The second kappa shape index (κ2) is 7.28. The molecule has 2 amide bonds. The van der Waals surface area contributed by atoms with E-state index >= 15 is 0 Å². The van der Waals surface area contributed by atoms with Crippen molar-refractivity contribution in [3.8, 4) is 16.9 Å². The number of nitrogens with one attached hydrogen (secondary N) is 1. The number of imidazole rings is 1. The van der Waals surface area contributed by atoms with Gasteiger partial charge in [0.1, 0.15) is 17.5 Å². The van der Waals surface area contributed by atoms with Crippen molar-refractivity contribution < 1.29 is 14.7 Å². The molecule has 4 rings (SSSR count). The van der Waals surface area contributed by atoms with Gasteiger partial charge in [0.15, 0.2) is 0 Å². The van der Waals surface area contributed by atoms with Gasteiger partial charge >= 0.3 is 6.03 Å². The Balaban J connectivity index is 1.43. The summed E-state index contributed by atoms with van der Waals surface area (Å²) in [6, 6.07) is 11.8. The highest BCUT2D eigenvalue weighted by molar-refractivity contribution is 5.72. The standard InChI is InChI=1S/C20H22N4O3/c1-14-18(6-7-19-21-10-13-24(14)19)15-2-4-16(5-3-15)27-17-8-11-23(12-9-17)20(25)22-26/h2-7,10,13,17,26H,8-9,11-12H2,1H3,(H,22,25). The fourth-order valence-corrected chi connectivity index (χ4v) is 3.59. The number of fused-ring (bicyclic) bond motifs is 1. The third-order valence-corrected chi connectivity index (χ3v) is 5.11. The Kier molecular flexibility index (Phi) is 4.68. The number of rotatable bonds is 3. The SMILES string of the molecule is Cc1c(-c2ccc(OC3CCN(C(=O)NO)CC3)cc2)ccc2nccn12. The molecule has 0 saturated carbocycles. The summed E-state index contributed by atoms with van der Waals surface area (Å²) < 4.78 is 8.14. The second-order valence-corrected chi connectivity index (χ2v) is 6.73. The first-order valence-corrected chi connectivity index (χ1v) is 9.04. The largest absolute Gasteiger partial charge is 0.490 e. The van der Waals surface area contributed by atoms with Crippen LogP contribution in [0.25, 0.3) is 16.8 Å². The van der Waals surface area contributed by atoms with Crippen LogP contribution >= 0.6 is 0 Å². The van der Waals surface area contributed by atoms with Crippen molar-refractivity contribution in [1.82, 2.24) is 19.8 Å². The van der Waals surface area contributed by atoms with Crippen molar-refractivity contribution in [3.63, 3.8) is 0 Å². The number of benzene rings is 1. The van der Waals surface area contributed by atoms with Gasteiger partial charge in [-0.05, 0) is 36.8 Å². The van der Waals surface area contributed by atoms with Crippen LogP contribution in [0.5, 0.6) is 5.75 Å². The van der Waals surface area contributed by atoms with Crippen LogP contribution in [0.4, 0.5) is 4.79 Å². The first kappa shape index (κ1) is 17.4. The monoisotopic (exact) mass is 366 g/mol. The van der Waals surface area contributed by atoms with E-state index in [4.69, 9.17) is 9.94 Å². The molecule has 7 nitrogen and oxygen atoms in total. The summed E-state index contributed by atoms with van der Waals surface area (Å²) in [6.45, 7) is 3.23. The van der Waals surface area contributed by atoms with Gasteiger partial charge in [0, 0.05) is 49.6 Å². The quantitative estimate of drug-likeness (QED) is 0.551. The molecule has 2 aromatic heterocycles. The fourth-order valence-electron chi connectivity index (χ4n) is 3.59. The van der Waals surface area contributed by atoms with Gasteiger partial charge in [-0.15, -0.1) is 0 Å². The average Bonchev–Trinajstić information content (AvgIpc) is 3.19. The second-order valence-electron chi connectivity index (χ2n) is 6.73. The van der Waals surface area contributed by atoms with E-state index in [2.05, 4.69) is 34.5 Å². The van der Waals surface area contributed by atoms with Crippen molar-refractivity contribution in [2.45, 2.75) is 25.9 Å². The van der Waals surface area contributed by atoms with Gasteiger partial charge < -0.3 is 14.0 Å². The van der Waals surface area contributed by atoms with E-state index in [0.29, 0.717) is 13.1 Å². The van der Waals surface area contributed by atoms with Crippen LogP contribution in [-0.4, -0.2) is 44.7 Å². The van der Waals surface area contributed by atoms with Gasteiger partial charge in [-0.2, -0.15) is 0 Å². The van der Waals surface area contributed by atoms with Crippen LogP contribution in [0.15, 0.2) is 48.8 Å².